The molecule has 0 bridgehead atoms. The zero-order valence-corrected chi connectivity index (χ0v) is 11.7. The minimum atomic E-state index is -0.529. The van der Waals surface area contributed by atoms with E-state index in [-0.39, 0.29) is 12.4 Å². The second kappa shape index (κ2) is 6.35. The first-order valence-electron chi connectivity index (χ1n) is 6.20. The molecule has 2 aromatic carbocycles. The molecule has 0 N–H and O–H groups in total. The number of fused-ring (bicyclic) bond motifs is 1. The van der Waals surface area contributed by atoms with Crippen LogP contribution in [0.1, 0.15) is 17.3 Å². The molecule has 0 aliphatic rings. The fourth-order valence-electron chi connectivity index (χ4n) is 1.90. The molecule has 0 unspecified atom stereocenters. The minimum absolute atomic E-state index is 0.258. The smallest absolute Gasteiger partial charge is 0.330 e. The first kappa shape index (κ1) is 14.3. The summed E-state index contributed by atoms with van der Waals surface area (Å²) >= 11 is 6.10. The van der Waals surface area contributed by atoms with Crippen molar-refractivity contribution in [2.75, 3.05) is 6.61 Å². The number of ketones is 1. The van der Waals surface area contributed by atoms with Crippen LogP contribution in [-0.2, 0) is 9.53 Å². The van der Waals surface area contributed by atoms with Crippen LogP contribution in [0.25, 0.3) is 10.8 Å². The van der Waals surface area contributed by atoms with Crippen molar-refractivity contribution in [1.82, 2.24) is 0 Å². The lowest BCUT2D eigenvalue weighted by Gasteiger charge is -2.05. The van der Waals surface area contributed by atoms with Gasteiger partial charge in [-0.1, -0.05) is 35.9 Å². The number of hydrogen-bond donors (Lipinski definition) is 0. The van der Waals surface area contributed by atoms with Crippen molar-refractivity contribution in [3.63, 3.8) is 0 Å². The van der Waals surface area contributed by atoms with Crippen molar-refractivity contribution in [3.05, 3.63) is 59.1 Å². The van der Waals surface area contributed by atoms with Crippen LogP contribution < -0.4 is 0 Å². The van der Waals surface area contributed by atoms with Gasteiger partial charge in [0, 0.05) is 22.0 Å². The summed E-state index contributed by atoms with van der Waals surface area (Å²) in [5, 5.41) is 2.16. The summed E-state index contributed by atoms with van der Waals surface area (Å²) in [5.74, 6) is -0.787. The highest BCUT2D eigenvalue weighted by Crippen LogP contribution is 2.26. The highest BCUT2D eigenvalue weighted by atomic mass is 35.5. The molecule has 0 amide bonds. The van der Waals surface area contributed by atoms with Gasteiger partial charge in [-0.15, -0.1) is 0 Å². The Labute approximate surface area is 121 Å². The van der Waals surface area contributed by atoms with Crippen molar-refractivity contribution in [1.29, 1.82) is 0 Å². The molecule has 2 rings (SSSR count). The standard InChI is InChI=1S/C16H13ClO3/c1-2-20-16(19)10-9-15(18)13-7-8-14(17)12-6-4-3-5-11(12)13/h3-10H,2H2,1H3/b10-9+. The number of hydrogen-bond acceptors (Lipinski definition) is 3. The number of carbonyl (C=O) groups is 2. The van der Waals surface area contributed by atoms with Crippen LogP contribution in [0.2, 0.25) is 5.02 Å². The Bertz CT molecular complexity index is 689. The van der Waals surface area contributed by atoms with E-state index < -0.39 is 5.97 Å². The zero-order valence-electron chi connectivity index (χ0n) is 10.9. The average Bonchev–Trinajstić information content (AvgIpc) is 2.46. The fraction of sp³-hybridized carbons (Fsp3) is 0.125. The molecule has 0 spiro atoms. The van der Waals surface area contributed by atoms with E-state index in [1.165, 1.54) is 6.08 Å². The highest BCUT2D eigenvalue weighted by molar-refractivity contribution is 6.36. The normalized spacial score (nSPS) is 10.9. The predicted octanol–water partition coefficient (Wildman–Crippen LogP) is 3.80. The van der Waals surface area contributed by atoms with Crippen molar-refractivity contribution in [3.8, 4) is 0 Å². The van der Waals surface area contributed by atoms with Crippen molar-refractivity contribution >= 4 is 34.1 Å². The first-order valence-corrected chi connectivity index (χ1v) is 6.57. The number of ether oxygens (including phenoxy) is 1. The SMILES string of the molecule is CCOC(=O)/C=C/C(=O)c1ccc(Cl)c2ccccc12. The second-order valence-electron chi connectivity index (χ2n) is 4.09. The quantitative estimate of drug-likeness (QED) is 0.488. The van der Waals surface area contributed by atoms with E-state index >= 15 is 0 Å². The molecular formula is C16H13ClO3. The van der Waals surface area contributed by atoms with E-state index in [4.69, 9.17) is 16.3 Å². The molecule has 2 aromatic rings. The molecule has 20 heavy (non-hydrogen) atoms. The van der Waals surface area contributed by atoms with Crippen LogP contribution in [0, 0.1) is 0 Å². The summed E-state index contributed by atoms with van der Waals surface area (Å²) in [6.45, 7) is 1.99. The van der Waals surface area contributed by atoms with E-state index in [1.54, 1.807) is 19.1 Å². The maximum atomic E-state index is 12.1. The van der Waals surface area contributed by atoms with Gasteiger partial charge in [-0.2, -0.15) is 0 Å². The van der Waals surface area contributed by atoms with E-state index in [0.717, 1.165) is 16.8 Å². The number of allylic oxidation sites excluding steroid dienone is 1. The maximum absolute atomic E-state index is 12.1. The Balaban J connectivity index is 2.36. The summed E-state index contributed by atoms with van der Waals surface area (Å²) in [6, 6.07) is 10.7. The summed E-state index contributed by atoms with van der Waals surface area (Å²) in [6.07, 6.45) is 2.35. The topological polar surface area (TPSA) is 43.4 Å². The lowest BCUT2D eigenvalue weighted by Crippen LogP contribution is -2.02. The predicted molar refractivity (Wildman–Crippen MR) is 79.1 cm³/mol. The van der Waals surface area contributed by atoms with Gasteiger partial charge < -0.3 is 4.74 Å². The van der Waals surface area contributed by atoms with Gasteiger partial charge in [0.05, 0.1) is 6.61 Å². The number of halogens is 1. The molecule has 0 aliphatic heterocycles. The van der Waals surface area contributed by atoms with Gasteiger partial charge in [-0.25, -0.2) is 4.79 Å². The molecule has 0 atom stereocenters. The monoisotopic (exact) mass is 288 g/mol. The third-order valence-electron chi connectivity index (χ3n) is 2.79. The van der Waals surface area contributed by atoms with E-state index in [2.05, 4.69) is 0 Å². The van der Waals surface area contributed by atoms with Crippen molar-refractivity contribution in [2.24, 2.45) is 0 Å². The number of benzene rings is 2. The van der Waals surface area contributed by atoms with E-state index in [0.29, 0.717) is 10.6 Å². The van der Waals surface area contributed by atoms with Gasteiger partial charge in [0.25, 0.3) is 0 Å². The van der Waals surface area contributed by atoms with Gasteiger partial charge in [-0.05, 0) is 30.5 Å². The summed E-state index contributed by atoms with van der Waals surface area (Å²) in [4.78, 5) is 23.4. The summed E-state index contributed by atoms with van der Waals surface area (Å²) in [7, 11) is 0. The fourth-order valence-corrected chi connectivity index (χ4v) is 2.13. The Morgan fingerprint density at radius 1 is 1.10 bits per heavy atom. The molecule has 0 saturated heterocycles. The molecule has 4 heteroatoms. The third-order valence-corrected chi connectivity index (χ3v) is 3.12. The molecule has 0 aliphatic carbocycles. The second-order valence-corrected chi connectivity index (χ2v) is 4.50. The highest BCUT2D eigenvalue weighted by Gasteiger charge is 2.09. The van der Waals surface area contributed by atoms with E-state index in [1.807, 2.05) is 24.3 Å². The Hall–Kier alpha value is -2.13. The van der Waals surface area contributed by atoms with Crippen LogP contribution in [0.5, 0.6) is 0 Å². The Morgan fingerprint density at radius 2 is 1.80 bits per heavy atom. The van der Waals surface area contributed by atoms with Crippen LogP contribution >= 0.6 is 11.6 Å². The van der Waals surface area contributed by atoms with Gasteiger partial charge in [0.2, 0.25) is 0 Å². The zero-order chi connectivity index (χ0) is 14.5. The van der Waals surface area contributed by atoms with Crippen LogP contribution in [0.15, 0.2) is 48.6 Å². The van der Waals surface area contributed by atoms with Crippen molar-refractivity contribution in [2.45, 2.75) is 6.92 Å². The van der Waals surface area contributed by atoms with Crippen molar-refractivity contribution < 1.29 is 14.3 Å². The first-order chi connectivity index (χ1) is 9.63. The summed E-state index contributed by atoms with van der Waals surface area (Å²) in [5.41, 5.74) is 0.505. The molecule has 3 nitrogen and oxygen atoms in total. The molecule has 0 radical (unpaired) electrons. The van der Waals surface area contributed by atoms with Crippen LogP contribution in [0.3, 0.4) is 0 Å². The van der Waals surface area contributed by atoms with Crippen LogP contribution in [-0.4, -0.2) is 18.4 Å². The Morgan fingerprint density at radius 3 is 2.50 bits per heavy atom. The summed E-state index contributed by atoms with van der Waals surface area (Å²) < 4.78 is 4.74. The lowest BCUT2D eigenvalue weighted by atomic mass is 10.0. The average molecular weight is 289 g/mol. The van der Waals surface area contributed by atoms with Gasteiger partial charge in [0.15, 0.2) is 5.78 Å². The number of carbonyl (C=O) groups excluding carboxylic acids is 2. The molecular weight excluding hydrogens is 276 g/mol. The maximum Gasteiger partial charge on any atom is 0.330 e. The van der Waals surface area contributed by atoms with Gasteiger partial charge >= 0.3 is 5.97 Å². The van der Waals surface area contributed by atoms with E-state index in [9.17, 15) is 9.59 Å². The van der Waals surface area contributed by atoms with Gasteiger partial charge in [0.1, 0.15) is 0 Å². The minimum Gasteiger partial charge on any atom is -0.463 e. The molecule has 0 saturated carbocycles. The third kappa shape index (κ3) is 3.06. The van der Waals surface area contributed by atoms with Gasteiger partial charge in [-0.3, -0.25) is 4.79 Å². The van der Waals surface area contributed by atoms with Crippen LogP contribution in [0.4, 0.5) is 0 Å². The number of esters is 1. The lowest BCUT2D eigenvalue weighted by molar-refractivity contribution is -0.137. The largest absolute Gasteiger partial charge is 0.463 e. The number of rotatable bonds is 4. The molecule has 102 valence electrons. The molecule has 0 fully saturated rings. The molecule has 0 aromatic heterocycles. The Kier molecular flexibility index (Phi) is 4.53. The molecule has 0 heterocycles.